The Kier molecular flexibility index (Phi) is 8.26. The zero-order chi connectivity index (χ0) is 24.6. The van der Waals surface area contributed by atoms with Gasteiger partial charge < -0.3 is 9.80 Å². The predicted octanol–water partition coefficient (Wildman–Crippen LogP) is 5.66. The number of nitrogens with zero attached hydrogens (tertiary/aromatic N) is 3. The Balaban J connectivity index is 1.59. The largest absolute Gasteiger partial charge is 0.332 e. The molecular formula is C27H29N3O4S. The van der Waals surface area contributed by atoms with Crippen LogP contribution in [0.25, 0.3) is 0 Å². The van der Waals surface area contributed by atoms with Crippen molar-refractivity contribution < 1.29 is 14.5 Å². The van der Waals surface area contributed by atoms with E-state index in [-0.39, 0.29) is 35.7 Å². The average molecular weight is 492 g/mol. The molecule has 1 saturated carbocycles. The SMILES string of the molecule is O=C(CN(C(=O)c1cccc([N+](=O)[O-])c1)C1CCCCC1)N(Cc1ccccc1)Cc1cccs1. The second-order valence-corrected chi connectivity index (χ2v) is 9.88. The minimum Gasteiger partial charge on any atom is -0.332 e. The molecule has 0 unspecified atom stereocenters. The van der Waals surface area contributed by atoms with Crippen LogP contribution in [0.2, 0.25) is 0 Å². The van der Waals surface area contributed by atoms with E-state index in [2.05, 4.69) is 0 Å². The number of nitro benzene ring substituents is 1. The molecule has 0 bridgehead atoms. The van der Waals surface area contributed by atoms with Gasteiger partial charge in [-0.2, -0.15) is 0 Å². The number of carbonyl (C=O) groups is 2. The van der Waals surface area contributed by atoms with Crippen LogP contribution in [0, 0.1) is 10.1 Å². The molecule has 0 radical (unpaired) electrons. The fourth-order valence-electron chi connectivity index (χ4n) is 4.55. The lowest BCUT2D eigenvalue weighted by atomic mass is 9.93. The maximum atomic E-state index is 13.7. The first-order chi connectivity index (χ1) is 17.0. The molecule has 1 heterocycles. The Morgan fingerprint density at radius 1 is 0.943 bits per heavy atom. The van der Waals surface area contributed by atoms with Crippen LogP contribution < -0.4 is 0 Å². The highest BCUT2D eigenvalue weighted by molar-refractivity contribution is 7.09. The second kappa shape index (κ2) is 11.8. The standard InChI is InChI=1S/C27H29N3O4S/c31-26(28(19-25-15-8-16-35-25)18-21-9-3-1-4-10-21)20-29(23-12-5-2-6-13-23)27(32)22-11-7-14-24(17-22)30(33)34/h1,3-4,7-11,14-17,23H,2,5-6,12-13,18-20H2. The van der Waals surface area contributed by atoms with Crippen LogP contribution in [0.5, 0.6) is 0 Å². The summed E-state index contributed by atoms with van der Waals surface area (Å²) >= 11 is 1.60. The van der Waals surface area contributed by atoms with Crippen molar-refractivity contribution >= 4 is 28.8 Å². The number of non-ortho nitro benzene ring substituents is 1. The molecular weight excluding hydrogens is 462 g/mol. The lowest BCUT2D eigenvalue weighted by molar-refractivity contribution is -0.384. The zero-order valence-corrected chi connectivity index (χ0v) is 20.4. The Hall–Kier alpha value is -3.52. The summed E-state index contributed by atoms with van der Waals surface area (Å²) in [5.74, 6) is -0.462. The van der Waals surface area contributed by atoms with Crippen molar-refractivity contribution in [3.05, 3.63) is 98.2 Å². The maximum absolute atomic E-state index is 13.7. The zero-order valence-electron chi connectivity index (χ0n) is 19.5. The average Bonchev–Trinajstić information content (AvgIpc) is 3.41. The fraction of sp³-hybridized carbons (Fsp3) is 0.333. The van der Waals surface area contributed by atoms with E-state index in [1.165, 1.54) is 18.2 Å². The van der Waals surface area contributed by atoms with Gasteiger partial charge in [0.2, 0.25) is 5.91 Å². The van der Waals surface area contributed by atoms with Gasteiger partial charge in [0, 0.05) is 35.2 Å². The quantitative estimate of drug-likeness (QED) is 0.286. The lowest BCUT2D eigenvalue weighted by Crippen LogP contribution is -2.48. The molecule has 35 heavy (non-hydrogen) atoms. The van der Waals surface area contributed by atoms with Crippen LogP contribution in [0.4, 0.5) is 5.69 Å². The van der Waals surface area contributed by atoms with Gasteiger partial charge in [-0.1, -0.05) is 61.7 Å². The summed E-state index contributed by atoms with van der Waals surface area (Å²) in [7, 11) is 0. The van der Waals surface area contributed by atoms with Crippen LogP contribution in [-0.2, 0) is 17.9 Å². The molecule has 2 amide bonds. The molecule has 0 saturated heterocycles. The third-order valence-corrected chi connectivity index (χ3v) is 7.24. The molecule has 3 aromatic rings. The van der Waals surface area contributed by atoms with Crippen molar-refractivity contribution in [2.24, 2.45) is 0 Å². The Morgan fingerprint density at radius 2 is 1.71 bits per heavy atom. The molecule has 0 spiro atoms. The highest BCUT2D eigenvalue weighted by Gasteiger charge is 2.30. The Morgan fingerprint density at radius 3 is 2.40 bits per heavy atom. The number of benzene rings is 2. The van der Waals surface area contributed by atoms with E-state index < -0.39 is 4.92 Å². The van der Waals surface area contributed by atoms with E-state index in [4.69, 9.17) is 0 Å². The van der Waals surface area contributed by atoms with E-state index in [0.29, 0.717) is 13.1 Å². The first-order valence-corrected chi connectivity index (χ1v) is 12.8. The van der Waals surface area contributed by atoms with Crippen LogP contribution in [0.1, 0.15) is 52.9 Å². The summed E-state index contributed by atoms with van der Waals surface area (Å²) in [5, 5.41) is 13.2. The molecule has 1 fully saturated rings. The van der Waals surface area contributed by atoms with Gasteiger partial charge in [-0.15, -0.1) is 11.3 Å². The minimum absolute atomic E-state index is 0.0512. The van der Waals surface area contributed by atoms with Gasteiger partial charge in [-0.3, -0.25) is 19.7 Å². The number of carbonyl (C=O) groups excluding carboxylic acids is 2. The third kappa shape index (κ3) is 6.54. The number of amides is 2. The summed E-state index contributed by atoms with van der Waals surface area (Å²) in [6.07, 6.45) is 4.78. The monoisotopic (exact) mass is 491 g/mol. The van der Waals surface area contributed by atoms with Crippen LogP contribution >= 0.6 is 11.3 Å². The second-order valence-electron chi connectivity index (χ2n) is 8.85. The van der Waals surface area contributed by atoms with E-state index in [0.717, 1.165) is 42.5 Å². The Bertz CT molecular complexity index is 1140. The van der Waals surface area contributed by atoms with Gasteiger partial charge in [0.1, 0.15) is 6.54 Å². The number of rotatable bonds is 9. The maximum Gasteiger partial charge on any atom is 0.270 e. The van der Waals surface area contributed by atoms with Gasteiger partial charge in [0.25, 0.3) is 11.6 Å². The normalized spacial score (nSPS) is 13.8. The molecule has 4 rings (SSSR count). The minimum atomic E-state index is -0.504. The molecule has 0 aliphatic heterocycles. The summed E-state index contributed by atoms with van der Waals surface area (Å²) in [6.45, 7) is 0.861. The van der Waals surface area contributed by atoms with Gasteiger partial charge in [-0.05, 0) is 35.9 Å². The van der Waals surface area contributed by atoms with Crippen LogP contribution in [-0.4, -0.2) is 39.1 Å². The van der Waals surface area contributed by atoms with Crippen molar-refractivity contribution in [2.45, 2.75) is 51.2 Å². The van der Waals surface area contributed by atoms with Crippen molar-refractivity contribution in [3.8, 4) is 0 Å². The molecule has 8 heteroatoms. The molecule has 0 N–H and O–H groups in total. The van der Waals surface area contributed by atoms with Gasteiger partial charge in [0.05, 0.1) is 11.5 Å². The van der Waals surface area contributed by atoms with E-state index >= 15 is 0 Å². The number of hydrogen-bond donors (Lipinski definition) is 0. The highest BCUT2D eigenvalue weighted by Crippen LogP contribution is 2.26. The summed E-state index contributed by atoms with van der Waals surface area (Å²) in [6, 6.07) is 19.5. The van der Waals surface area contributed by atoms with E-state index in [9.17, 15) is 19.7 Å². The number of hydrogen-bond acceptors (Lipinski definition) is 5. The van der Waals surface area contributed by atoms with Gasteiger partial charge >= 0.3 is 0 Å². The van der Waals surface area contributed by atoms with Crippen molar-refractivity contribution in [1.82, 2.24) is 9.80 Å². The highest BCUT2D eigenvalue weighted by atomic mass is 32.1. The number of thiophene rings is 1. The van der Waals surface area contributed by atoms with Crippen LogP contribution in [0.15, 0.2) is 72.1 Å². The lowest BCUT2D eigenvalue weighted by Gasteiger charge is -2.35. The van der Waals surface area contributed by atoms with Crippen LogP contribution in [0.3, 0.4) is 0 Å². The van der Waals surface area contributed by atoms with E-state index in [1.54, 1.807) is 27.2 Å². The van der Waals surface area contributed by atoms with Crippen molar-refractivity contribution in [1.29, 1.82) is 0 Å². The molecule has 7 nitrogen and oxygen atoms in total. The van der Waals surface area contributed by atoms with Crippen molar-refractivity contribution in [2.75, 3.05) is 6.54 Å². The first kappa shape index (κ1) is 24.6. The summed E-state index contributed by atoms with van der Waals surface area (Å²) < 4.78 is 0. The topological polar surface area (TPSA) is 83.8 Å². The van der Waals surface area contributed by atoms with Gasteiger partial charge in [0.15, 0.2) is 0 Å². The fourth-order valence-corrected chi connectivity index (χ4v) is 5.27. The molecule has 182 valence electrons. The van der Waals surface area contributed by atoms with Gasteiger partial charge in [-0.25, -0.2) is 0 Å². The third-order valence-electron chi connectivity index (χ3n) is 6.38. The molecule has 0 atom stereocenters. The Labute approximate surface area is 209 Å². The predicted molar refractivity (Wildman–Crippen MR) is 136 cm³/mol. The smallest absolute Gasteiger partial charge is 0.270 e. The molecule has 1 aromatic heterocycles. The molecule has 1 aliphatic rings. The number of nitro groups is 1. The van der Waals surface area contributed by atoms with E-state index in [1.807, 2.05) is 47.8 Å². The molecule has 1 aliphatic carbocycles. The van der Waals surface area contributed by atoms with Crippen molar-refractivity contribution in [3.63, 3.8) is 0 Å². The molecule has 2 aromatic carbocycles. The first-order valence-electron chi connectivity index (χ1n) is 11.9. The summed E-state index contributed by atoms with van der Waals surface area (Å²) in [4.78, 5) is 42.5. The summed E-state index contributed by atoms with van der Waals surface area (Å²) in [5.41, 5.74) is 1.13.